The summed E-state index contributed by atoms with van der Waals surface area (Å²) in [5.41, 5.74) is 0.965. The first-order valence-corrected chi connectivity index (χ1v) is 12.9. The lowest BCUT2D eigenvalue weighted by Crippen LogP contribution is -2.24. The monoisotopic (exact) mass is 433 g/mol. The SMILES string of the molecule is CCCCCCCCCCCCCCCCCC(=O)NCCCc1ccc(O)c(O)c1. The zero-order valence-electron chi connectivity index (χ0n) is 20.0. The number of aromatic hydroxyl groups is 2. The maximum absolute atomic E-state index is 11.9. The summed E-state index contributed by atoms with van der Waals surface area (Å²) in [5.74, 6) is -0.0431. The molecule has 0 aromatic heterocycles. The predicted octanol–water partition coefficient (Wildman–Crippen LogP) is 7.41. The minimum absolute atomic E-state index is 0.0882. The summed E-state index contributed by atoms with van der Waals surface area (Å²) in [4.78, 5) is 11.9. The molecule has 0 aliphatic carbocycles. The molecule has 0 aliphatic rings. The third-order valence-corrected chi connectivity index (χ3v) is 6.01. The lowest BCUT2D eigenvalue weighted by Gasteiger charge is -2.06. The Hall–Kier alpha value is -1.71. The highest BCUT2D eigenvalue weighted by molar-refractivity contribution is 5.75. The number of nitrogens with one attached hydrogen (secondary N) is 1. The molecule has 1 rings (SSSR count). The lowest BCUT2D eigenvalue weighted by molar-refractivity contribution is -0.121. The molecule has 0 bridgehead atoms. The summed E-state index contributed by atoms with van der Waals surface area (Å²) >= 11 is 0. The van der Waals surface area contributed by atoms with Gasteiger partial charge in [-0.05, 0) is 37.0 Å². The minimum Gasteiger partial charge on any atom is -0.504 e. The molecule has 4 heteroatoms. The van der Waals surface area contributed by atoms with Crippen molar-refractivity contribution < 1.29 is 15.0 Å². The number of phenols is 2. The van der Waals surface area contributed by atoms with Crippen LogP contribution < -0.4 is 5.32 Å². The van der Waals surface area contributed by atoms with Gasteiger partial charge in [-0.3, -0.25) is 4.79 Å². The average Bonchev–Trinajstić information content (AvgIpc) is 2.76. The van der Waals surface area contributed by atoms with Gasteiger partial charge in [0, 0.05) is 13.0 Å². The van der Waals surface area contributed by atoms with E-state index < -0.39 is 0 Å². The molecule has 1 aromatic carbocycles. The zero-order chi connectivity index (χ0) is 22.6. The van der Waals surface area contributed by atoms with Gasteiger partial charge >= 0.3 is 0 Å². The van der Waals surface area contributed by atoms with Gasteiger partial charge in [-0.2, -0.15) is 0 Å². The molecule has 1 amide bonds. The Morgan fingerprint density at radius 2 is 1.23 bits per heavy atom. The third-order valence-electron chi connectivity index (χ3n) is 6.01. The lowest BCUT2D eigenvalue weighted by atomic mass is 10.0. The van der Waals surface area contributed by atoms with Gasteiger partial charge in [0.1, 0.15) is 0 Å². The van der Waals surface area contributed by atoms with Crippen molar-refractivity contribution in [1.29, 1.82) is 0 Å². The van der Waals surface area contributed by atoms with Gasteiger partial charge in [-0.25, -0.2) is 0 Å². The first kappa shape index (κ1) is 27.3. The van der Waals surface area contributed by atoms with Gasteiger partial charge in [0.25, 0.3) is 0 Å². The number of carbonyl (C=O) groups is 1. The Balaban J connectivity index is 1.81. The summed E-state index contributed by atoms with van der Waals surface area (Å²) in [6.07, 6.45) is 22.3. The molecule has 0 radical (unpaired) electrons. The van der Waals surface area contributed by atoms with Crippen LogP contribution in [-0.4, -0.2) is 22.7 Å². The number of carbonyl (C=O) groups excluding carboxylic acids is 1. The van der Waals surface area contributed by atoms with E-state index in [2.05, 4.69) is 12.2 Å². The zero-order valence-corrected chi connectivity index (χ0v) is 20.0. The number of hydrogen-bond acceptors (Lipinski definition) is 3. The molecule has 0 atom stereocenters. The van der Waals surface area contributed by atoms with E-state index in [-0.39, 0.29) is 17.4 Å². The van der Waals surface area contributed by atoms with Crippen molar-refractivity contribution in [3.05, 3.63) is 23.8 Å². The predicted molar refractivity (Wildman–Crippen MR) is 131 cm³/mol. The van der Waals surface area contributed by atoms with Crippen molar-refractivity contribution in [2.24, 2.45) is 0 Å². The quantitative estimate of drug-likeness (QED) is 0.148. The maximum atomic E-state index is 11.9. The Kier molecular flexibility index (Phi) is 16.8. The second kappa shape index (κ2) is 19.0. The molecule has 31 heavy (non-hydrogen) atoms. The molecule has 0 unspecified atom stereocenters. The van der Waals surface area contributed by atoms with Crippen molar-refractivity contribution >= 4 is 5.91 Å². The van der Waals surface area contributed by atoms with Crippen LogP contribution in [-0.2, 0) is 11.2 Å². The first-order chi connectivity index (χ1) is 15.1. The molecule has 0 heterocycles. The summed E-state index contributed by atoms with van der Waals surface area (Å²) < 4.78 is 0. The van der Waals surface area contributed by atoms with Crippen LogP contribution in [0.2, 0.25) is 0 Å². The van der Waals surface area contributed by atoms with Crippen LogP contribution in [0.3, 0.4) is 0 Å². The normalized spacial score (nSPS) is 11.0. The van der Waals surface area contributed by atoms with E-state index in [4.69, 9.17) is 0 Å². The van der Waals surface area contributed by atoms with Crippen molar-refractivity contribution in [2.45, 2.75) is 122 Å². The fourth-order valence-corrected chi connectivity index (χ4v) is 3.99. The Labute approximate surface area is 190 Å². The summed E-state index contributed by atoms with van der Waals surface area (Å²) in [7, 11) is 0. The molecule has 0 aliphatic heterocycles. The van der Waals surface area contributed by atoms with E-state index in [9.17, 15) is 15.0 Å². The highest BCUT2D eigenvalue weighted by Crippen LogP contribution is 2.25. The fourth-order valence-electron chi connectivity index (χ4n) is 3.99. The first-order valence-electron chi connectivity index (χ1n) is 12.9. The topological polar surface area (TPSA) is 69.6 Å². The standard InChI is InChI=1S/C27H47NO3/c1-2-3-4-5-6-7-8-9-10-11-12-13-14-15-16-19-27(31)28-22-17-18-24-20-21-25(29)26(30)23-24/h20-21,23,29-30H,2-19,22H2,1H3,(H,28,31). The molecule has 4 nitrogen and oxygen atoms in total. The number of benzene rings is 1. The van der Waals surface area contributed by atoms with E-state index in [0.717, 1.165) is 31.2 Å². The van der Waals surface area contributed by atoms with Crippen LogP contribution in [0.25, 0.3) is 0 Å². The fraction of sp³-hybridized carbons (Fsp3) is 0.741. The Morgan fingerprint density at radius 1 is 0.710 bits per heavy atom. The molecular weight excluding hydrogens is 386 g/mol. The van der Waals surface area contributed by atoms with Gasteiger partial charge in [0.15, 0.2) is 11.5 Å². The maximum Gasteiger partial charge on any atom is 0.219 e. The molecular formula is C27H47NO3. The summed E-state index contributed by atoms with van der Waals surface area (Å²) in [6.45, 7) is 2.93. The van der Waals surface area contributed by atoms with Crippen LogP contribution >= 0.6 is 0 Å². The number of amides is 1. The second-order valence-electron chi connectivity index (χ2n) is 8.98. The van der Waals surface area contributed by atoms with Gasteiger partial charge in [-0.1, -0.05) is 103 Å². The van der Waals surface area contributed by atoms with E-state index in [0.29, 0.717) is 13.0 Å². The number of rotatable bonds is 20. The van der Waals surface area contributed by atoms with Crippen molar-refractivity contribution in [2.75, 3.05) is 6.54 Å². The van der Waals surface area contributed by atoms with E-state index in [1.807, 2.05) is 0 Å². The molecule has 178 valence electrons. The molecule has 0 saturated carbocycles. The number of unbranched alkanes of at least 4 members (excludes halogenated alkanes) is 14. The van der Waals surface area contributed by atoms with Crippen LogP contribution in [0.4, 0.5) is 0 Å². The summed E-state index contributed by atoms with van der Waals surface area (Å²) in [6, 6.07) is 4.87. The van der Waals surface area contributed by atoms with Gasteiger partial charge in [0.05, 0.1) is 0 Å². The molecule has 0 saturated heterocycles. The largest absolute Gasteiger partial charge is 0.504 e. The summed E-state index contributed by atoms with van der Waals surface area (Å²) in [5, 5.41) is 21.8. The molecule has 0 spiro atoms. The third kappa shape index (κ3) is 15.7. The second-order valence-corrected chi connectivity index (χ2v) is 8.98. The minimum atomic E-state index is -0.0967. The number of hydrogen-bond donors (Lipinski definition) is 3. The highest BCUT2D eigenvalue weighted by Gasteiger charge is 2.03. The van der Waals surface area contributed by atoms with Crippen molar-refractivity contribution in [3.8, 4) is 11.5 Å². The van der Waals surface area contributed by atoms with Crippen molar-refractivity contribution in [1.82, 2.24) is 5.32 Å². The number of aryl methyl sites for hydroxylation is 1. The average molecular weight is 434 g/mol. The van der Waals surface area contributed by atoms with Crippen molar-refractivity contribution in [3.63, 3.8) is 0 Å². The molecule has 0 fully saturated rings. The van der Waals surface area contributed by atoms with Crippen LogP contribution in [0.15, 0.2) is 18.2 Å². The van der Waals surface area contributed by atoms with E-state index >= 15 is 0 Å². The molecule has 1 aromatic rings. The van der Waals surface area contributed by atoms with Crippen LogP contribution in [0, 0.1) is 0 Å². The van der Waals surface area contributed by atoms with E-state index in [1.54, 1.807) is 12.1 Å². The number of phenolic OH excluding ortho intramolecular Hbond substituents is 2. The smallest absolute Gasteiger partial charge is 0.219 e. The highest BCUT2D eigenvalue weighted by atomic mass is 16.3. The van der Waals surface area contributed by atoms with E-state index in [1.165, 1.54) is 89.5 Å². The Morgan fingerprint density at radius 3 is 1.74 bits per heavy atom. The van der Waals surface area contributed by atoms with Crippen LogP contribution in [0.5, 0.6) is 11.5 Å². The van der Waals surface area contributed by atoms with Gasteiger partial charge < -0.3 is 15.5 Å². The van der Waals surface area contributed by atoms with Crippen LogP contribution in [0.1, 0.15) is 122 Å². The van der Waals surface area contributed by atoms with Gasteiger partial charge in [0.2, 0.25) is 5.91 Å². The Bertz CT molecular complexity index is 574. The van der Waals surface area contributed by atoms with Gasteiger partial charge in [-0.15, -0.1) is 0 Å². The molecule has 3 N–H and O–H groups in total.